The molecule has 0 bridgehead atoms. The molecule has 1 aliphatic heterocycles. The number of alkyl halides is 2. The Kier molecular flexibility index (Phi) is 7.76. The molecule has 0 atom stereocenters. The Morgan fingerprint density at radius 3 is 2.45 bits per heavy atom. The topological polar surface area (TPSA) is 69.9 Å². The molecule has 0 aliphatic carbocycles. The molecule has 0 saturated heterocycles. The molecule has 0 spiro atoms. The lowest BCUT2D eigenvalue weighted by molar-refractivity contribution is 0.134. The molecule has 38 heavy (non-hydrogen) atoms. The molecule has 0 radical (unpaired) electrons. The number of nitrogens with zero attached hydrogens (tertiary/aromatic N) is 3. The van der Waals surface area contributed by atoms with Gasteiger partial charge in [0.2, 0.25) is 5.82 Å². The number of fused-ring (bicyclic) bond motifs is 1. The summed E-state index contributed by atoms with van der Waals surface area (Å²) in [7, 11) is 3.30. The minimum Gasteiger partial charge on any atom is -0.497 e. The van der Waals surface area contributed by atoms with Crippen molar-refractivity contribution < 1.29 is 27.5 Å². The Bertz CT molecular complexity index is 1430. The second kappa shape index (κ2) is 11.4. The van der Waals surface area contributed by atoms with E-state index >= 15 is 0 Å². The van der Waals surface area contributed by atoms with Crippen molar-refractivity contribution in [3.63, 3.8) is 0 Å². The van der Waals surface area contributed by atoms with Gasteiger partial charge in [0.15, 0.2) is 6.10 Å². The van der Waals surface area contributed by atoms with Crippen molar-refractivity contribution in [3.05, 3.63) is 76.3 Å². The van der Waals surface area contributed by atoms with Crippen molar-refractivity contribution in [1.82, 2.24) is 15.0 Å². The van der Waals surface area contributed by atoms with Gasteiger partial charge in [-0.05, 0) is 41.5 Å². The van der Waals surface area contributed by atoms with E-state index in [0.29, 0.717) is 11.4 Å². The van der Waals surface area contributed by atoms with Crippen LogP contribution in [-0.4, -0.2) is 48.7 Å². The zero-order valence-electron chi connectivity index (χ0n) is 20.9. The predicted octanol–water partition coefficient (Wildman–Crippen LogP) is 6.28. The third-order valence-electron chi connectivity index (χ3n) is 6.38. The number of halogens is 3. The van der Waals surface area contributed by atoms with E-state index in [1.165, 1.54) is 17.2 Å². The van der Waals surface area contributed by atoms with Gasteiger partial charge in [-0.1, -0.05) is 35.0 Å². The number of rotatable bonds is 10. The third kappa shape index (κ3) is 5.44. The molecule has 0 saturated carbocycles. The maximum atomic E-state index is 12.8. The fourth-order valence-electron chi connectivity index (χ4n) is 4.41. The average Bonchev–Trinajstić information content (AvgIpc) is 3.59. The highest BCUT2D eigenvalue weighted by Gasteiger charge is 2.22. The summed E-state index contributed by atoms with van der Waals surface area (Å²) < 4.78 is 47.2. The summed E-state index contributed by atoms with van der Waals surface area (Å²) in [6.07, 6.45) is -1.19. The first-order chi connectivity index (χ1) is 18.5. The number of benzene rings is 3. The highest BCUT2D eigenvalue weighted by Crippen LogP contribution is 2.34. The quantitative estimate of drug-likeness (QED) is 0.234. The van der Waals surface area contributed by atoms with E-state index in [1.54, 1.807) is 26.4 Å². The van der Waals surface area contributed by atoms with E-state index in [2.05, 4.69) is 27.2 Å². The van der Waals surface area contributed by atoms with Gasteiger partial charge in [0, 0.05) is 42.4 Å². The minimum absolute atomic E-state index is 0.186. The Hall–Kier alpha value is -3.69. The van der Waals surface area contributed by atoms with Crippen LogP contribution in [0, 0.1) is 0 Å². The molecule has 5 rings (SSSR count). The molecule has 198 valence electrons. The summed E-state index contributed by atoms with van der Waals surface area (Å²) in [5.41, 5.74) is 4.93. The van der Waals surface area contributed by atoms with Crippen LogP contribution in [0.2, 0.25) is 5.02 Å². The van der Waals surface area contributed by atoms with Crippen LogP contribution in [-0.2, 0) is 19.6 Å². The van der Waals surface area contributed by atoms with Crippen molar-refractivity contribution in [2.24, 2.45) is 0 Å². The van der Waals surface area contributed by atoms with Crippen LogP contribution in [0.4, 0.5) is 8.78 Å². The Morgan fingerprint density at radius 1 is 0.921 bits per heavy atom. The van der Waals surface area contributed by atoms with E-state index in [9.17, 15) is 8.78 Å². The average molecular weight is 542 g/mol. The number of ether oxygens (including phenoxy) is 3. The van der Waals surface area contributed by atoms with Crippen LogP contribution < -0.4 is 14.2 Å². The van der Waals surface area contributed by atoms with E-state index in [-0.39, 0.29) is 16.7 Å². The second-order valence-electron chi connectivity index (χ2n) is 8.92. The molecule has 3 aromatic carbocycles. The summed E-state index contributed by atoms with van der Waals surface area (Å²) in [6, 6.07) is 16.7. The molecule has 10 heteroatoms. The minimum atomic E-state index is -1.19. The largest absolute Gasteiger partial charge is 0.497 e. The zero-order chi connectivity index (χ0) is 26.6. The van der Waals surface area contributed by atoms with Gasteiger partial charge in [0.05, 0.1) is 19.2 Å². The molecule has 1 aliphatic rings. The van der Waals surface area contributed by atoms with Crippen LogP contribution in [0.25, 0.3) is 22.8 Å². The predicted molar refractivity (Wildman–Crippen MR) is 139 cm³/mol. The normalized spacial score (nSPS) is 13.1. The summed E-state index contributed by atoms with van der Waals surface area (Å²) in [5.74, 6) is 2.46. The molecule has 4 aromatic rings. The standard InChI is InChI=1S/C28H26ClF2N3O4/c1-35-22-7-5-20(26(11-22)36-2)15-34-14-19-4-3-17(9-21(19)16-34)27-32-28(38-33-27)18-6-8-25(24(29)10-18)37-23(12-30)13-31/h3-11,23H,12-16H2,1-2H3. The summed E-state index contributed by atoms with van der Waals surface area (Å²) in [6.45, 7) is 0.437. The molecule has 0 amide bonds. The fraction of sp³-hybridized carbons (Fsp3) is 0.286. The van der Waals surface area contributed by atoms with Crippen LogP contribution in [0.5, 0.6) is 17.2 Å². The fourth-order valence-corrected chi connectivity index (χ4v) is 4.64. The van der Waals surface area contributed by atoms with Crippen molar-refractivity contribution in [3.8, 4) is 40.1 Å². The third-order valence-corrected chi connectivity index (χ3v) is 6.68. The molecule has 1 aromatic heterocycles. The molecule has 0 fully saturated rings. The highest BCUT2D eigenvalue weighted by atomic mass is 35.5. The van der Waals surface area contributed by atoms with Crippen molar-refractivity contribution >= 4 is 11.6 Å². The Balaban J connectivity index is 1.29. The second-order valence-corrected chi connectivity index (χ2v) is 9.33. The molecular formula is C28H26ClF2N3O4. The van der Waals surface area contributed by atoms with Crippen LogP contribution in [0.3, 0.4) is 0 Å². The van der Waals surface area contributed by atoms with Gasteiger partial charge >= 0.3 is 0 Å². The monoisotopic (exact) mass is 541 g/mol. The molecular weight excluding hydrogens is 516 g/mol. The van der Waals surface area contributed by atoms with E-state index in [4.69, 9.17) is 30.3 Å². The maximum Gasteiger partial charge on any atom is 0.258 e. The number of hydrogen-bond donors (Lipinski definition) is 0. The number of hydrogen-bond acceptors (Lipinski definition) is 7. The van der Waals surface area contributed by atoms with Gasteiger partial charge in [0.25, 0.3) is 5.89 Å². The van der Waals surface area contributed by atoms with Gasteiger partial charge in [-0.3, -0.25) is 4.90 Å². The van der Waals surface area contributed by atoms with Gasteiger partial charge in [-0.25, -0.2) is 8.78 Å². The van der Waals surface area contributed by atoms with E-state index in [1.807, 2.05) is 24.3 Å². The number of methoxy groups -OCH3 is 2. The van der Waals surface area contributed by atoms with Gasteiger partial charge in [0.1, 0.15) is 30.6 Å². The summed E-state index contributed by atoms with van der Waals surface area (Å²) >= 11 is 6.25. The van der Waals surface area contributed by atoms with Crippen molar-refractivity contribution in [1.29, 1.82) is 0 Å². The smallest absolute Gasteiger partial charge is 0.258 e. The first kappa shape index (κ1) is 25.9. The maximum absolute atomic E-state index is 12.8. The Morgan fingerprint density at radius 2 is 1.71 bits per heavy atom. The molecule has 7 nitrogen and oxygen atoms in total. The summed E-state index contributed by atoms with van der Waals surface area (Å²) in [4.78, 5) is 6.86. The zero-order valence-corrected chi connectivity index (χ0v) is 21.7. The first-order valence-corrected chi connectivity index (χ1v) is 12.4. The van der Waals surface area contributed by atoms with Gasteiger partial charge < -0.3 is 18.7 Å². The van der Waals surface area contributed by atoms with Crippen LogP contribution in [0.1, 0.15) is 16.7 Å². The highest BCUT2D eigenvalue weighted by molar-refractivity contribution is 6.32. The SMILES string of the molecule is COc1ccc(CN2Cc3ccc(-c4noc(-c5ccc(OC(CF)CF)c(Cl)c5)n4)cc3C2)c(OC)c1. The molecule has 2 heterocycles. The van der Waals surface area contributed by atoms with Crippen LogP contribution in [0.15, 0.2) is 59.1 Å². The van der Waals surface area contributed by atoms with Gasteiger partial charge in [-0.2, -0.15) is 4.98 Å². The van der Waals surface area contributed by atoms with Crippen LogP contribution >= 0.6 is 11.6 Å². The lowest BCUT2D eigenvalue weighted by atomic mass is 10.1. The Labute approximate surface area is 223 Å². The van der Waals surface area contributed by atoms with E-state index in [0.717, 1.165) is 42.3 Å². The lowest BCUT2D eigenvalue weighted by Gasteiger charge is -2.17. The van der Waals surface area contributed by atoms with Gasteiger partial charge in [-0.15, -0.1) is 0 Å². The van der Waals surface area contributed by atoms with Crippen molar-refractivity contribution in [2.75, 3.05) is 27.6 Å². The summed E-state index contributed by atoms with van der Waals surface area (Å²) in [5, 5.41) is 4.33. The number of aromatic nitrogens is 2. The lowest BCUT2D eigenvalue weighted by Crippen LogP contribution is -2.21. The van der Waals surface area contributed by atoms with E-state index < -0.39 is 19.5 Å². The first-order valence-electron chi connectivity index (χ1n) is 12.0. The van der Waals surface area contributed by atoms with Crippen molar-refractivity contribution in [2.45, 2.75) is 25.7 Å². The molecule has 0 unspecified atom stereocenters. The molecule has 0 N–H and O–H groups in total.